The molecule has 0 aliphatic rings. The normalized spacial score (nSPS) is 10.0. The molecule has 0 saturated heterocycles. The fourth-order valence-electron chi connectivity index (χ4n) is 1.62. The lowest BCUT2D eigenvalue weighted by Gasteiger charge is -2.07. The summed E-state index contributed by atoms with van der Waals surface area (Å²) in [6.45, 7) is 4.50. The molecule has 0 unspecified atom stereocenters. The summed E-state index contributed by atoms with van der Waals surface area (Å²) in [6.07, 6.45) is 1.69. The van der Waals surface area contributed by atoms with Gasteiger partial charge in [0.15, 0.2) is 0 Å². The molecule has 19 heavy (non-hydrogen) atoms. The molecule has 4 nitrogen and oxygen atoms in total. The molecule has 0 fully saturated rings. The zero-order chi connectivity index (χ0) is 14.1. The number of rotatable bonds is 8. The van der Waals surface area contributed by atoms with Crippen molar-refractivity contribution in [1.82, 2.24) is 5.32 Å². The molecule has 1 N–H and O–H groups in total. The summed E-state index contributed by atoms with van der Waals surface area (Å²) >= 11 is 0. The van der Waals surface area contributed by atoms with Crippen LogP contribution in [0, 0.1) is 0 Å². The molecule has 1 aromatic rings. The molecule has 0 heterocycles. The lowest BCUT2D eigenvalue weighted by Crippen LogP contribution is -2.24. The number of nitrogens with one attached hydrogen (secondary N) is 1. The van der Waals surface area contributed by atoms with E-state index in [1.54, 1.807) is 6.92 Å². The molecule has 104 valence electrons. The Morgan fingerprint density at radius 2 is 1.84 bits per heavy atom. The second-order valence-electron chi connectivity index (χ2n) is 4.40. The zero-order valence-electron chi connectivity index (χ0n) is 11.6. The smallest absolute Gasteiger partial charge is 0.223 e. The first-order valence-electron chi connectivity index (χ1n) is 6.59. The van der Waals surface area contributed by atoms with Crippen molar-refractivity contribution in [1.29, 1.82) is 0 Å². The molecule has 0 radical (unpaired) electrons. The van der Waals surface area contributed by atoms with Crippen LogP contribution in [0.5, 0.6) is 5.75 Å². The van der Waals surface area contributed by atoms with Crippen molar-refractivity contribution in [2.75, 3.05) is 13.2 Å². The summed E-state index contributed by atoms with van der Waals surface area (Å²) in [5.74, 6) is 0.943. The van der Waals surface area contributed by atoms with Crippen LogP contribution in [-0.2, 0) is 16.0 Å². The molecule has 1 amide bonds. The fraction of sp³-hybridized carbons (Fsp3) is 0.467. The molecular weight excluding hydrogens is 242 g/mol. The summed E-state index contributed by atoms with van der Waals surface area (Å²) in [6, 6.07) is 7.63. The second-order valence-corrected chi connectivity index (χ2v) is 4.40. The van der Waals surface area contributed by atoms with Gasteiger partial charge in [0.1, 0.15) is 11.5 Å². The lowest BCUT2D eigenvalue weighted by atomic mass is 10.1. The van der Waals surface area contributed by atoms with Crippen LogP contribution >= 0.6 is 0 Å². The average Bonchev–Trinajstić information content (AvgIpc) is 2.38. The molecule has 0 aromatic heterocycles. The predicted molar refractivity (Wildman–Crippen MR) is 74.2 cm³/mol. The van der Waals surface area contributed by atoms with Crippen LogP contribution in [0.1, 0.15) is 32.3 Å². The monoisotopic (exact) mass is 263 g/mol. The highest BCUT2D eigenvalue weighted by Gasteiger charge is 2.01. The first-order chi connectivity index (χ1) is 9.11. The number of ketones is 1. The third-order valence-electron chi connectivity index (χ3n) is 2.66. The summed E-state index contributed by atoms with van der Waals surface area (Å²) in [4.78, 5) is 22.1. The number of carbonyl (C=O) groups is 2. The number of hydrogen-bond acceptors (Lipinski definition) is 3. The summed E-state index contributed by atoms with van der Waals surface area (Å²) in [5.41, 5.74) is 1.12. The molecular formula is C15H21NO3. The molecule has 0 atom stereocenters. The van der Waals surface area contributed by atoms with E-state index in [4.69, 9.17) is 4.74 Å². The van der Waals surface area contributed by atoms with Crippen LogP contribution in [0.4, 0.5) is 0 Å². The maximum absolute atomic E-state index is 11.2. The van der Waals surface area contributed by atoms with Crippen LogP contribution < -0.4 is 10.1 Å². The Balaban J connectivity index is 2.31. The van der Waals surface area contributed by atoms with E-state index in [1.165, 1.54) is 0 Å². The van der Waals surface area contributed by atoms with Crippen molar-refractivity contribution >= 4 is 11.7 Å². The molecule has 0 aliphatic heterocycles. The number of ether oxygens (including phenoxy) is 1. The van der Waals surface area contributed by atoms with E-state index in [-0.39, 0.29) is 11.7 Å². The lowest BCUT2D eigenvalue weighted by molar-refractivity contribution is -0.121. The Hall–Kier alpha value is -1.84. The fourth-order valence-corrected chi connectivity index (χ4v) is 1.62. The molecule has 0 spiro atoms. The van der Waals surface area contributed by atoms with Crippen LogP contribution in [-0.4, -0.2) is 24.8 Å². The minimum Gasteiger partial charge on any atom is -0.493 e. The van der Waals surface area contributed by atoms with Gasteiger partial charge in [-0.25, -0.2) is 0 Å². The van der Waals surface area contributed by atoms with E-state index >= 15 is 0 Å². The van der Waals surface area contributed by atoms with Gasteiger partial charge in [0.2, 0.25) is 5.91 Å². The second kappa shape index (κ2) is 8.29. The van der Waals surface area contributed by atoms with Crippen LogP contribution in [0.2, 0.25) is 0 Å². The third-order valence-corrected chi connectivity index (χ3v) is 2.66. The highest BCUT2D eigenvalue weighted by atomic mass is 16.5. The number of amides is 1. The quantitative estimate of drug-likeness (QED) is 0.781. The average molecular weight is 263 g/mol. The summed E-state index contributed by atoms with van der Waals surface area (Å²) < 4.78 is 5.48. The SMILES string of the molecule is CCNC(=O)CCOc1ccc(CCC(C)=O)cc1. The van der Waals surface area contributed by atoms with Crippen LogP contribution in [0.3, 0.4) is 0 Å². The molecule has 1 aromatic carbocycles. The van der Waals surface area contributed by atoms with Crippen molar-refractivity contribution in [2.45, 2.75) is 33.1 Å². The number of benzene rings is 1. The van der Waals surface area contributed by atoms with Gasteiger partial charge in [0, 0.05) is 13.0 Å². The molecule has 0 bridgehead atoms. The molecule has 0 saturated carbocycles. The van der Waals surface area contributed by atoms with E-state index in [0.717, 1.165) is 17.7 Å². The summed E-state index contributed by atoms with van der Waals surface area (Å²) in [5, 5.41) is 2.72. The first-order valence-corrected chi connectivity index (χ1v) is 6.59. The Bertz CT molecular complexity index is 412. The van der Waals surface area contributed by atoms with Gasteiger partial charge in [-0.2, -0.15) is 0 Å². The largest absolute Gasteiger partial charge is 0.493 e. The first kappa shape index (κ1) is 15.2. The van der Waals surface area contributed by atoms with Crippen LogP contribution in [0.25, 0.3) is 0 Å². The Labute approximate surface area is 114 Å². The van der Waals surface area contributed by atoms with Crippen molar-refractivity contribution in [2.24, 2.45) is 0 Å². The number of hydrogen-bond donors (Lipinski definition) is 1. The van der Waals surface area contributed by atoms with Crippen molar-refractivity contribution in [3.63, 3.8) is 0 Å². The standard InChI is InChI=1S/C15H21NO3/c1-3-16-15(18)10-11-19-14-8-6-13(7-9-14)5-4-12(2)17/h6-9H,3-5,10-11H2,1-2H3,(H,16,18). The minimum absolute atomic E-state index is 0.000536. The Morgan fingerprint density at radius 1 is 1.16 bits per heavy atom. The van der Waals surface area contributed by atoms with Crippen LogP contribution in [0.15, 0.2) is 24.3 Å². The number of Topliss-reactive ketones (excluding diaryl/α,β-unsaturated/α-hetero) is 1. The molecule has 4 heteroatoms. The molecule has 0 aliphatic carbocycles. The third kappa shape index (κ3) is 6.60. The van der Waals surface area contributed by atoms with Gasteiger partial charge in [-0.05, 0) is 38.0 Å². The topological polar surface area (TPSA) is 55.4 Å². The number of aryl methyl sites for hydroxylation is 1. The van der Waals surface area contributed by atoms with Crippen molar-refractivity contribution in [3.05, 3.63) is 29.8 Å². The van der Waals surface area contributed by atoms with E-state index < -0.39 is 0 Å². The van der Waals surface area contributed by atoms with Gasteiger partial charge in [0.25, 0.3) is 0 Å². The van der Waals surface area contributed by atoms with Gasteiger partial charge in [-0.3, -0.25) is 4.79 Å². The van der Waals surface area contributed by atoms with Gasteiger partial charge in [-0.1, -0.05) is 12.1 Å². The number of carbonyl (C=O) groups excluding carboxylic acids is 2. The maximum atomic E-state index is 11.2. The van der Waals surface area contributed by atoms with E-state index in [9.17, 15) is 9.59 Å². The van der Waals surface area contributed by atoms with Gasteiger partial charge < -0.3 is 14.8 Å². The Morgan fingerprint density at radius 3 is 2.42 bits per heavy atom. The predicted octanol–water partition coefficient (Wildman–Crippen LogP) is 2.11. The van der Waals surface area contributed by atoms with E-state index in [1.807, 2.05) is 31.2 Å². The Kier molecular flexibility index (Phi) is 6.64. The van der Waals surface area contributed by atoms with Gasteiger partial charge in [-0.15, -0.1) is 0 Å². The van der Waals surface area contributed by atoms with Gasteiger partial charge >= 0.3 is 0 Å². The van der Waals surface area contributed by atoms with Crippen molar-refractivity contribution in [3.8, 4) is 5.75 Å². The van der Waals surface area contributed by atoms with Gasteiger partial charge in [0.05, 0.1) is 13.0 Å². The highest BCUT2D eigenvalue weighted by molar-refractivity contribution is 5.76. The van der Waals surface area contributed by atoms with E-state index in [2.05, 4.69) is 5.32 Å². The maximum Gasteiger partial charge on any atom is 0.223 e. The zero-order valence-corrected chi connectivity index (χ0v) is 11.6. The minimum atomic E-state index is 0.000536. The highest BCUT2D eigenvalue weighted by Crippen LogP contribution is 2.13. The van der Waals surface area contributed by atoms with Crippen molar-refractivity contribution < 1.29 is 14.3 Å². The van der Waals surface area contributed by atoms with E-state index in [0.29, 0.717) is 26.0 Å². The summed E-state index contributed by atoms with van der Waals surface area (Å²) in [7, 11) is 0. The molecule has 1 rings (SSSR count).